The Morgan fingerprint density at radius 3 is 2.22 bits per heavy atom. The molecule has 0 aromatic rings. The van der Waals surface area contributed by atoms with Crippen molar-refractivity contribution in [3.05, 3.63) is 10.4 Å². The summed E-state index contributed by atoms with van der Waals surface area (Å²) in [5.41, 5.74) is 8.74. The van der Waals surface area contributed by atoms with Gasteiger partial charge in [0.1, 0.15) is 6.61 Å². The summed E-state index contributed by atoms with van der Waals surface area (Å²) in [6.07, 6.45) is -3.04. The molecule has 0 radical (unpaired) electrons. The lowest BCUT2D eigenvalue weighted by molar-refractivity contribution is -0.262. The van der Waals surface area contributed by atoms with Gasteiger partial charge in [-0.3, -0.25) is 14.4 Å². The van der Waals surface area contributed by atoms with E-state index < -0.39 is 48.4 Å². The van der Waals surface area contributed by atoms with Crippen molar-refractivity contribution in [3.8, 4) is 0 Å². The number of rotatable bonds is 5. The molecular weight excluding hydrogens is 310 g/mol. The number of hydrogen-bond acceptors (Lipinski definition) is 8. The first-order valence-electron chi connectivity index (χ1n) is 6.93. The fourth-order valence-electron chi connectivity index (χ4n) is 2.25. The lowest BCUT2D eigenvalue weighted by atomic mass is 9.89. The standard InChI is InChI=1S/C13H19N3O7/c1-6-10(5-20-7(2)17)23-13(22-9(4)19)12(21-8(3)18)11(6)15-16-14/h6,10-13H,5H2,1-4H3/t6-,10?,11+,12?,13?/m1/s1. The van der Waals surface area contributed by atoms with Gasteiger partial charge in [0.2, 0.25) is 6.29 Å². The van der Waals surface area contributed by atoms with Crippen molar-refractivity contribution < 1.29 is 33.3 Å². The molecule has 3 unspecified atom stereocenters. The number of carbonyl (C=O) groups excluding carboxylic acids is 3. The van der Waals surface area contributed by atoms with Crippen molar-refractivity contribution in [2.75, 3.05) is 6.61 Å². The van der Waals surface area contributed by atoms with Crippen molar-refractivity contribution in [2.45, 2.75) is 52.2 Å². The fraction of sp³-hybridized carbons (Fsp3) is 0.769. The number of azide groups is 1. The zero-order valence-electron chi connectivity index (χ0n) is 13.3. The molecule has 1 heterocycles. The molecule has 0 bridgehead atoms. The van der Waals surface area contributed by atoms with Gasteiger partial charge < -0.3 is 18.9 Å². The molecule has 10 heteroatoms. The minimum atomic E-state index is -1.26. The van der Waals surface area contributed by atoms with E-state index in [9.17, 15) is 14.4 Å². The van der Waals surface area contributed by atoms with E-state index >= 15 is 0 Å². The molecular formula is C13H19N3O7. The minimum Gasteiger partial charge on any atom is -0.463 e. The maximum atomic E-state index is 11.3. The van der Waals surface area contributed by atoms with Crippen LogP contribution in [0.3, 0.4) is 0 Å². The molecule has 0 aliphatic carbocycles. The van der Waals surface area contributed by atoms with Gasteiger partial charge in [-0.1, -0.05) is 12.0 Å². The summed E-state index contributed by atoms with van der Waals surface area (Å²) in [5.74, 6) is -2.25. The molecule has 5 atom stereocenters. The molecule has 0 aromatic heterocycles. The fourth-order valence-corrected chi connectivity index (χ4v) is 2.25. The van der Waals surface area contributed by atoms with Crippen LogP contribution in [0.2, 0.25) is 0 Å². The maximum absolute atomic E-state index is 11.3. The topological polar surface area (TPSA) is 137 Å². The van der Waals surface area contributed by atoms with Crippen molar-refractivity contribution in [2.24, 2.45) is 11.0 Å². The van der Waals surface area contributed by atoms with Crippen LogP contribution in [0.1, 0.15) is 27.7 Å². The SMILES string of the molecule is CC(=O)OCC1OC(OC(C)=O)C(OC(C)=O)[C@@H](N=[N+]=[N-])[C@@H]1C. The number of hydrogen-bond donors (Lipinski definition) is 0. The predicted octanol–water partition coefficient (Wildman–Crippen LogP) is 1.08. The third kappa shape index (κ3) is 5.42. The molecule has 128 valence electrons. The van der Waals surface area contributed by atoms with Gasteiger partial charge in [0.25, 0.3) is 0 Å². The van der Waals surface area contributed by atoms with Crippen LogP contribution < -0.4 is 0 Å². The molecule has 0 saturated carbocycles. The Hall–Kier alpha value is -2.32. The normalized spacial score (nSPS) is 29.8. The Balaban J connectivity index is 3.06. The second kappa shape index (κ2) is 8.35. The Morgan fingerprint density at radius 2 is 1.74 bits per heavy atom. The zero-order valence-corrected chi connectivity index (χ0v) is 13.3. The second-order valence-corrected chi connectivity index (χ2v) is 5.08. The number of nitrogens with zero attached hydrogens (tertiary/aromatic N) is 3. The third-order valence-corrected chi connectivity index (χ3v) is 3.26. The predicted molar refractivity (Wildman–Crippen MR) is 74.7 cm³/mol. The van der Waals surface area contributed by atoms with Crippen molar-refractivity contribution in [3.63, 3.8) is 0 Å². The molecule has 23 heavy (non-hydrogen) atoms. The van der Waals surface area contributed by atoms with Crippen LogP contribution in [0.4, 0.5) is 0 Å². The van der Waals surface area contributed by atoms with Gasteiger partial charge in [-0.15, -0.1) is 0 Å². The highest BCUT2D eigenvalue weighted by Gasteiger charge is 2.47. The molecule has 0 aromatic carbocycles. The molecule has 1 aliphatic heterocycles. The van der Waals surface area contributed by atoms with E-state index in [1.54, 1.807) is 6.92 Å². The van der Waals surface area contributed by atoms with Crippen molar-refractivity contribution in [1.29, 1.82) is 0 Å². The van der Waals surface area contributed by atoms with Crippen LogP contribution in [-0.2, 0) is 33.3 Å². The first kappa shape index (κ1) is 18.7. The van der Waals surface area contributed by atoms with E-state index in [0.717, 1.165) is 6.92 Å². The summed E-state index contributed by atoms with van der Waals surface area (Å²) in [6, 6.07) is -0.845. The van der Waals surface area contributed by atoms with Gasteiger partial charge in [0, 0.05) is 25.7 Å². The van der Waals surface area contributed by atoms with E-state index in [0.29, 0.717) is 0 Å². The van der Waals surface area contributed by atoms with Crippen molar-refractivity contribution >= 4 is 17.9 Å². The summed E-state index contributed by atoms with van der Waals surface area (Å²) in [7, 11) is 0. The Kier molecular flexibility index (Phi) is 6.80. The van der Waals surface area contributed by atoms with Gasteiger partial charge in [-0.05, 0) is 11.4 Å². The summed E-state index contributed by atoms with van der Waals surface area (Å²) in [6.45, 7) is 5.15. The van der Waals surface area contributed by atoms with Gasteiger partial charge in [0.15, 0.2) is 6.10 Å². The number of ether oxygens (including phenoxy) is 4. The largest absolute Gasteiger partial charge is 0.463 e. The molecule has 1 fully saturated rings. The monoisotopic (exact) mass is 329 g/mol. The van der Waals surface area contributed by atoms with E-state index in [-0.39, 0.29) is 6.61 Å². The van der Waals surface area contributed by atoms with Crippen LogP contribution in [0.15, 0.2) is 5.11 Å². The first-order valence-corrected chi connectivity index (χ1v) is 6.93. The Bertz CT molecular complexity index is 518. The zero-order chi connectivity index (χ0) is 17.6. The van der Waals surface area contributed by atoms with Gasteiger partial charge in [-0.25, -0.2) is 0 Å². The van der Waals surface area contributed by atoms with E-state index in [1.165, 1.54) is 13.8 Å². The van der Waals surface area contributed by atoms with Gasteiger partial charge in [-0.2, -0.15) is 0 Å². The summed E-state index contributed by atoms with van der Waals surface area (Å²) >= 11 is 0. The first-order chi connectivity index (χ1) is 10.8. The summed E-state index contributed by atoms with van der Waals surface area (Å²) in [5, 5.41) is 3.63. The number of carbonyl (C=O) groups is 3. The molecule has 0 N–H and O–H groups in total. The highest BCUT2D eigenvalue weighted by Crippen LogP contribution is 2.31. The highest BCUT2D eigenvalue weighted by atomic mass is 16.7. The van der Waals surface area contributed by atoms with Crippen LogP contribution >= 0.6 is 0 Å². The molecule has 0 amide bonds. The van der Waals surface area contributed by atoms with E-state index in [4.69, 9.17) is 24.5 Å². The van der Waals surface area contributed by atoms with E-state index in [1.807, 2.05) is 0 Å². The maximum Gasteiger partial charge on any atom is 0.305 e. The van der Waals surface area contributed by atoms with E-state index in [2.05, 4.69) is 10.0 Å². The molecule has 1 rings (SSSR count). The quantitative estimate of drug-likeness (QED) is 0.242. The summed E-state index contributed by atoms with van der Waals surface area (Å²) < 4.78 is 20.6. The van der Waals surface area contributed by atoms with Crippen LogP contribution in [-0.4, -0.2) is 49.1 Å². The molecule has 10 nitrogen and oxygen atoms in total. The van der Waals surface area contributed by atoms with Crippen LogP contribution in [0.5, 0.6) is 0 Å². The molecule has 1 aliphatic rings. The third-order valence-electron chi connectivity index (χ3n) is 3.26. The average Bonchev–Trinajstić information content (AvgIpc) is 2.43. The highest BCUT2D eigenvalue weighted by molar-refractivity contribution is 5.67. The smallest absolute Gasteiger partial charge is 0.305 e. The van der Waals surface area contributed by atoms with Gasteiger partial charge >= 0.3 is 17.9 Å². The van der Waals surface area contributed by atoms with Crippen LogP contribution in [0.25, 0.3) is 10.4 Å². The number of esters is 3. The lowest BCUT2D eigenvalue weighted by Crippen LogP contribution is -2.56. The molecule has 0 spiro atoms. The summed E-state index contributed by atoms with van der Waals surface area (Å²) in [4.78, 5) is 36.2. The lowest BCUT2D eigenvalue weighted by Gasteiger charge is -2.42. The second-order valence-electron chi connectivity index (χ2n) is 5.08. The minimum absolute atomic E-state index is 0.113. The Morgan fingerprint density at radius 1 is 1.13 bits per heavy atom. The van der Waals surface area contributed by atoms with Crippen molar-refractivity contribution in [1.82, 2.24) is 0 Å². The Labute approximate surface area is 132 Å². The molecule has 1 saturated heterocycles. The van der Waals surface area contributed by atoms with Gasteiger partial charge in [0.05, 0.1) is 12.1 Å². The average molecular weight is 329 g/mol. The van der Waals surface area contributed by atoms with Crippen LogP contribution in [0, 0.1) is 5.92 Å².